The molecule has 0 heterocycles. The van der Waals surface area contributed by atoms with E-state index < -0.39 is 0 Å². The summed E-state index contributed by atoms with van der Waals surface area (Å²) in [5.41, 5.74) is 5.91. The molecule has 1 aromatic carbocycles. The van der Waals surface area contributed by atoms with Crippen LogP contribution in [0.5, 0.6) is 5.75 Å². The van der Waals surface area contributed by atoms with E-state index in [0.717, 1.165) is 6.42 Å². The zero-order valence-corrected chi connectivity index (χ0v) is 11.5. The molecule has 4 nitrogen and oxygen atoms in total. The standard InChI is InChI=1S/C12H15ClN2O2S/c1-2-3-9(11(14)18)15-12(17)7-4-5-10(16)8(13)6-7/h4-6,9,16H,2-3H2,1H3,(H2,14,18)(H,15,17). The molecule has 18 heavy (non-hydrogen) atoms. The molecule has 0 aliphatic rings. The average Bonchev–Trinajstić information content (AvgIpc) is 2.31. The fraction of sp³-hybridized carbons (Fsp3) is 0.333. The third kappa shape index (κ3) is 3.85. The molecule has 0 radical (unpaired) electrons. The first kappa shape index (κ1) is 14.7. The van der Waals surface area contributed by atoms with Crippen molar-refractivity contribution in [1.29, 1.82) is 0 Å². The van der Waals surface area contributed by atoms with Crippen molar-refractivity contribution in [2.24, 2.45) is 5.73 Å². The van der Waals surface area contributed by atoms with E-state index in [-0.39, 0.29) is 27.7 Å². The van der Waals surface area contributed by atoms with Crippen LogP contribution < -0.4 is 11.1 Å². The SMILES string of the molecule is CCCC(NC(=O)c1ccc(O)c(Cl)c1)C(N)=S. The fourth-order valence-corrected chi connectivity index (χ4v) is 1.82. The summed E-state index contributed by atoms with van der Waals surface area (Å²) in [4.78, 5) is 12.2. The highest BCUT2D eigenvalue weighted by atomic mass is 35.5. The number of phenols is 1. The van der Waals surface area contributed by atoms with Crippen LogP contribution in [0.15, 0.2) is 18.2 Å². The maximum Gasteiger partial charge on any atom is 0.251 e. The van der Waals surface area contributed by atoms with Gasteiger partial charge < -0.3 is 16.2 Å². The maximum absolute atomic E-state index is 11.9. The number of carbonyl (C=O) groups excluding carboxylic acids is 1. The van der Waals surface area contributed by atoms with Gasteiger partial charge in [-0.1, -0.05) is 37.2 Å². The number of thiocarbonyl (C=S) groups is 1. The van der Waals surface area contributed by atoms with Crippen molar-refractivity contribution in [3.05, 3.63) is 28.8 Å². The minimum absolute atomic E-state index is 0.0623. The van der Waals surface area contributed by atoms with Gasteiger partial charge in [0, 0.05) is 5.56 Å². The van der Waals surface area contributed by atoms with Gasteiger partial charge in [-0.2, -0.15) is 0 Å². The molecule has 1 atom stereocenters. The number of aromatic hydroxyl groups is 1. The van der Waals surface area contributed by atoms with Crippen molar-refractivity contribution in [2.45, 2.75) is 25.8 Å². The molecule has 4 N–H and O–H groups in total. The van der Waals surface area contributed by atoms with E-state index in [0.29, 0.717) is 12.0 Å². The largest absolute Gasteiger partial charge is 0.506 e. The molecule has 6 heteroatoms. The topological polar surface area (TPSA) is 75.3 Å². The molecule has 0 fully saturated rings. The van der Waals surface area contributed by atoms with Gasteiger partial charge in [-0.15, -0.1) is 0 Å². The minimum Gasteiger partial charge on any atom is -0.506 e. The molecule has 0 aliphatic carbocycles. The van der Waals surface area contributed by atoms with Crippen LogP contribution in [-0.4, -0.2) is 22.0 Å². The highest BCUT2D eigenvalue weighted by Gasteiger charge is 2.16. The van der Waals surface area contributed by atoms with Gasteiger partial charge in [0.05, 0.1) is 16.1 Å². The number of rotatable bonds is 5. The summed E-state index contributed by atoms with van der Waals surface area (Å²) >= 11 is 10.6. The number of nitrogens with one attached hydrogen (secondary N) is 1. The number of nitrogens with two attached hydrogens (primary N) is 1. The minimum atomic E-state index is -0.329. The molecule has 0 bridgehead atoms. The molecule has 0 saturated heterocycles. The molecular weight excluding hydrogens is 272 g/mol. The van der Waals surface area contributed by atoms with Crippen LogP contribution in [0.3, 0.4) is 0 Å². The van der Waals surface area contributed by atoms with E-state index in [1.165, 1.54) is 18.2 Å². The van der Waals surface area contributed by atoms with Gasteiger partial charge in [-0.3, -0.25) is 4.79 Å². The number of phenolic OH excluding ortho intramolecular Hbond substituents is 1. The monoisotopic (exact) mass is 286 g/mol. The van der Waals surface area contributed by atoms with Gasteiger partial charge in [0.25, 0.3) is 5.91 Å². The van der Waals surface area contributed by atoms with Crippen molar-refractivity contribution >= 4 is 34.7 Å². The molecule has 0 spiro atoms. The molecule has 0 aromatic heterocycles. The third-order valence-corrected chi connectivity index (χ3v) is 3.02. The van der Waals surface area contributed by atoms with Crippen molar-refractivity contribution in [1.82, 2.24) is 5.32 Å². The molecule has 1 rings (SSSR count). The van der Waals surface area contributed by atoms with Crippen LogP contribution in [0, 0.1) is 0 Å². The van der Waals surface area contributed by atoms with Crippen molar-refractivity contribution in [3.8, 4) is 5.75 Å². The van der Waals surface area contributed by atoms with Crippen molar-refractivity contribution in [2.75, 3.05) is 0 Å². The Kier molecular flexibility index (Phi) is 5.37. The summed E-state index contributed by atoms with van der Waals surface area (Å²) in [5.74, 6) is -0.379. The zero-order chi connectivity index (χ0) is 13.7. The second-order valence-corrected chi connectivity index (χ2v) is 4.76. The predicted octanol–water partition coefficient (Wildman–Crippen LogP) is 2.23. The summed E-state index contributed by atoms with van der Waals surface area (Å²) in [6.45, 7) is 1.98. The lowest BCUT2D eigenvalue weighted by atomic mass is 10.1. The van der Waals surface area contributed by atoms with E-state index >= 15 is 0 Å². The number of hydrogen-bond donors (Lipinski definition) is 3. The fourth-order valence-electron chi connectivity index (χ4n) is 1.46. The Balaban J connectivity index is 2.80. The van der Waals surface area contributed by atoms with Crippen molar-refractivity contribution in [3.63, 3.8) is 0 Å². The lowest BCUT2D eigenvalue weighted by Crippen LogP contribution is -2.43. The molecule has 0 saturated carbocycles. The van der Waals surface area contributed by atoms with Gasteiger partial charge in [-0.25, -0.2) is 0 Å². The van der Waals surface area contributed by atoms with Crippen LogP contribution >= 0.6 is 23.8 Å². The Morgan fingerprint density at radius 2 is 2.28 bits per heavy atom. The van der Waals surface area contributed by atoms with Gasteiger partial charge in [0.2, 0.25) is 0 Å². The normalized spacial score (nSPS) is 11.9. The number of carbonyl (C=O) groups is 1. The second-order valence-electron chi connectivity index (χ2n) is 3.88. The van der Waals surface area contributed by atoms with Gasteiger partial charge in [-0.05, 0) is 24.6 Å². The number of benzene rings is 1. The summed E-state index contributed by atoms with van der Waals surface area (Å²) in [6.07, 6.45) is 1.55. The molecule has 0 aliphatic heterocycles. The van der Waals surface area contributed by atoms with E-state index in [4.69, 9.17) is 29.6 Å². The third-order valence-electron chi connectivity index (χ3n) is 2.44. The van der Waals surface area contributed by atoms with E-state index in [1.807, 2.05) is 6.92 Å². The summed E-state index contributed by atoms with van der Waals surface area (Å²) in [5, 5.41) is 12.1. The van der Waals surface area contributed by atoms with Crippen LogP contribution in [0.25, 0.3) is 0 Å². The first-order chi connectivity index (χ1) is 8.45. The smallest absolute Gasteiger partial charge is 0.251 e. The lowest BCUT2D eigenvalue weighted by molar-refractivity contribution is 0.0945. The van der Waals surface area contributed by atoms with Gasteiger partial charge in [0.15, 0.2) is 0 Å². The van der Waals surface area contributed by atoms with Crippen LogP contribution in [0.2, 0.25) is 5.02 Å². The molecule has 1 unspecified atom stereocenters. The van der Waals surface area contributed by atoms with Crippen LogP contribution in [0.1, 0.15) is 30.1 Å². The van der Waals surface area contributed by atoms with E-state index in [1.54, 1.807) is 0 Å². The summed E-state index contributed by atoms with van der Waals surface area (Å²) < 4.78 is 0. The van der Waals surface area contributed by atoms with Crippen LogP contribution in [0.4, 0.5) is 0 Å². The number of halogens is 1. The Hall–Kier alpha value is -1.33. The first-order valence-corrected chi connectivity index (χ1v) is 6.33. The zero-order valence-electron chi connectivity index (χ0n) is 9.94. The van der Waals surface area contributed by atoms with Gasteiger partial charge >= 0.3 is 0 Å². The number of hydrogen-bond acceptors (Lipinski definition) is 3. The molecule has 1 amide bonds. The number of amides is 1. The predicted molar refractivity (Wildman–Crippen MR) is 76.1 cm³/mol. The molecular formula is C12H15ClN2O2S. The summed E-state index contributed by atoms with van der Waals surface area (Å²) in [7, 11) is 0. The Labute approximate surface area is 116 Å². The highest BCUT2D eigenvalue weighted by Crippen LogP contribution is 2.23. The Morgan fingerprint density at radius 1 is 1.61 bits per heavy atom. The molecule has 1 aromatic rings. The maximum atomic E-state index is 11.9. The van der Waals surface area contributed by atoms with Crippen molar-refractivity contribution < 1.29 is 9.90 Å². The van der Waals surface area contributed by atoms with Crippen LogP contribution in [-0.2, 0) is 0 Å². The highest BCUT2D eigenvalue weighted by molar-refractivity contribution is 7.80. The first-order valence-electron chi connectivity index (χ1n) is 5.54. The van der Waals surface area contributed by atoms with Gasteiger partial charge in [0.1, 0.15) is 5.75 Å². The Bertz CT molecular complexity index is 465. The lowest BCUT2D eigenvalue weighted by Gasteiger charge is -2.16. The van der Waals surface area contributed by atoms with E-state index in [2.05, 4.69) is 5.32 Å². The summed E-state index contributed by atoms with van der Waals surface area (Å²) in [6, 6.07) is 3.92. The average molecular weight is 287 g/mol. The Morgan fingerprint density at radius 3 is 2.78 bits per heavy atom. The molecule has 98 valence electrons. The van der Waals surface area contributed by atoms with E-state index in [9.17, 15) is 9.90 Å². The second kappa shape index (κ2) is 6.56. The quantitative estimate of drug-likeness (QED) is 0.726.